The monoisotopic (exact) mass is 619 g/mol. The molecule has 3 aromatic carbocycles. The minimum atomic E-state index is -0.509. The van der Waals surface area contributed by atoms with Crippen LogP contribution in [0, 0.1) is 11.3 Å². The highest BCUT2D eigenvalue weighted by molar-refractivity contribution is 9.10. The zero-order valence-corrected chi connectivity index (χ0v) is 24.1. The minimum Gasteiger partial charge on any atom is -0.465 e. The van der Waals surface area contributed by atoms with Crippen LogP contribution in [-0.2, 0) is 14.3 Å². The van der Waals surface area contributed by atoms with Gasteiger partial charge in [-0.05, 0) is 55.0 Å². The van der Waals surface area contributed by atoms with Crippen molar-refractivity contribution in [3.8, 4) is 28.5 Å². The van der Waals surface area contributed by atoms with Gasteiger partial charge in [0.15, 0.2) is 0 Å². The van der Waals surface area contributed by atoms with E-state index in [1.165, 1.54) is 4.90 Å². The molecular formula is C30H23BrClN3O3S. The second kappa shape index (κ2) is 13.4. The number of anilines is 1. The molecule has 4 aromatic rings. The Kier molecular flexibility index (Phi) is 9.77. The third-order valence-electron chi connectivity index (χ3n) is 5.69. The third-order valence-corrected chi connectivity index (χ3v) is 7.43. The largest absolute Gasteiger partial charge is 0.465 e. The van der Waals surface area contributed by atoms with Crippen LogP contribution in [0.15, 0.2) is 94.4 Å². The van der Waals surface area contributed by atoms with Crippen LogP contribution in [-0.4, -0.2) is 35.8 Å². The minimum absolute atomic E-state index is 0.0462. The Bertz CT molecular complexity index is 1510. The SMILES string of the molecule is CCOC(=O)CN(C(=O)CSc1nc(-c2ccccc2)cc(-c2ccc(Cl)cc2)c1C#N)c1ccc(Br)cc1. The first-order valence-corrected chi connectivity index (χ1v) is 14.2. The van der Waals surface area contributed by atoms with E-state index in [1.54, 1.807) is 43.3 Å². The summed E-state index contributed by atoms with van der Waals surface area (Å²) in [6.07, 6.45) is 0. The molecule has 6 nitrogen and oxygen atoms in total. The van der Waals surface area contributed by atoms with E-state index in [0.717, 1.165) is 27.4 Å². The molecule has 196 valence electrons. The number of carbonyl (C=O) groups excluding carboxylic acids is 2. The zero-order chi connectivity index (χ0) is 27.8. The van der Waals surface area contributed by atoms with Crippen molar-refractivity contribution >= 4 is 56.9 Å². The molecule has 1 aromatic heterocycles. The van der Waals surface area contributed by atoms with Gasteiger partial charge in [0.2, 0.25) is 5.91 Å². The van der Waals surface area contributed by atoms with Crippen LogP contribution in [0.5, 0.6) is 0 Å². The first-order valence-electron chi connectivity index (χ1n) is 12.0. The van der Waals surface area contributed by atoms with E-state index in [9.17, 15) is 14.9 Å². The predicted octanol–water partition coefficient (Wildman–Crippen LogP) is 7.39. The molecule has 0 fully saturated rings. The number of ether oxygens (including phenoxy) is 1. The Morgan fingerprint density at radius 3 is 2.36 bits per heavy atom. The molecule has 0 saturated heterocycles. The average Bonchev–Trinajstić information content (AvgIpc) is 2.95. The molecule has 0 aliphatic heterocycles. The van der Waals surface area contributed by atoms with E-state index in [-0.39, 0.29) is 24.8 Å². The van der Waals surface area contributed by atoms with E-state index >= 15 is 0 Å². The lowest BCUT2D eigenvalue weighted by Crippen LogP contribution is -2.37. The number of pyridine rings is 1. The van der Waals surface area contributed by atoms with Gasteiger partial charge in [-0.2, -0.15) is 5.26 Å². The van der Waals surface area contributed by atoms with Gasteiger partial charge in [-0.1, -0.05) is 81.8 Å². The van der Waals surface area contributed by atoms with Gasteiger partial charge in [0, 0.05) is 26.3 Å². The van der Waals surface area contributed by atoms with Crippen LogP contribution >= 0.6 is 39.3 Å². The summed E-state index contributed by atoms with van der Waals surface area (Å²) in [5, 5.41) is 11.2. The number of nitrogens with zero attached hydrogens (tertiary/aromatic N) is 3. The fourth-order valence-corrected chi connectivity index (χ4v) is 5.11. The van der Waals surface area contributed by atoms with Crippen molar-refractivity contribution in [1.29, 1.82) is 5.26 Å². The summed E-state index contributed by atoms with van der Waals surface area (Å²) in [5.74, 6) is -0.875. The first kappa shape index (κ1) is 28.4. The Hall–Kier alpha value is -3.64. The first-order chi connectivity index (χ1) is 18.9. The van der Waals surface area contributed by atoms with Gasteiger partial charge in [-0.15, -0.1) is 0 Å². The van der Waals surface area contributed by atoms with Gasteiger partial charge in [0.05, 0.1) is 23.6 Å². The van der Waals surface area contributed by atoms with Gasteiger partial charge in [0.25, 0.3) is 0 Å². The number of thioether (sulfide) groups is 1. The summed E-state index contributed by atoms with van der Waals surface area (Å²) >= 11 is 10.7. The quantitative estimate of drug-likeness (QED) is 0.143. The van der Waals surface area contributed by atoms with E-state index in [2.05, 4.69) is 22.0 Å². The summed E-state index contributed by atoms with van der Waals surface area (Å²) in [6, 6.07) is 28.1. The van der Waals surface area contributed by atoms with Crippen LogP contribution in [0.25, 0.3) is 22.4 Å². The number of nitriles is 1. The smallest absolute Gasteiger partial charge is 0.326 e. The molecule has 1 heterocycles. The van der Waals surface area contributed by atoms with Crippen molar-refractivity contribution in [1.82, 2.24) is 4.98 Å². The van der Waals surface area contributed by atoms with Crippen molar-refractivity contribution < 1.29 is 14.3 Å². The van der Waals surface area contributed by atoms with Crippen molar-refractivity contribution in [2.45, 2.75) is 11.9 Å². The van der Waals surface area contributed by atoms with Gasteiger partial charge in [-0.25, -0.2) is 4.98 Å². The number of hydrogen-bond donors (Lipinski definition) is 0. The highest BCUT2D eigenvalue weighted by atomic mass is 79.9. The molecule has 1 amide bonds. The van der Waals surface area contributed by atoms with Crippen molar-refractivity contribution in [2.75, 3.05) is 23.8 Å². The number of hydrogen-bond acceptors (Lipinski definition) is 6. The number of rotatable bonds is 9. The van der Waals surface area contributed by atoms with Crippen LogP contribution in [0.2, 0.25) is 5.02 Å². The normalized spacial score (nSPS) is 10.5. The fraction of sp³-hybridized carbons (Fsp3) is 0.133. The average molecular weight is 621 g/mol. The van der Waals surface area contributed by atoms with Crippen molar-refractivity contribution in [2.24, 2.45) is 0 Å². The van der Waals surface area contributed by atoms with E-state index in [1.807, 2.05) is 48.5 Å². The molecule has 0 aliphatic carbocycles. The van der Waals surface area contributed by atoms with Crippen LogP contribution in [0.4, 0.5) is 5.69 Å². The van der Waals surface area contributed by atoms with Crippen LogP contribution in [0.1, 0.15) is 12.5 Å². The lowest BCUT2D eigenvalue weighted by molar-refractivity contribution is -0.142. The molecular weight excluding hydrogens is 598 g/mol. The number of esters is 1. The molecule has 0 N–H and O–H groups in total. The molecule has 0 unspecified atom stereocenters. The van der Waals surface area contributed by atoms with E-state index in [4.69, 9.17) is 21.3 Å². The fourth-order valence-electron chi connectivity index (χ4n) is 3.84. The Labute approximate surface area is 244 Å². The second-order valence-corrected chi connectivity index (χ2v) is 10.6. The summed E-state index contributed by atoms with van der Waals surface area (Å²) in [5.41, 5.74) is 3.97. The van der Waals surface area contributed by atoms with Crippen molar-refractivity contribution in [3.05, 3.63) is 100.0 Å². The number of halogens is 2. The lowest BCUT2D eigenvalue weighted by Gasteiger charge is -2.22. The molecule has 39 heavy (non-hydrogen) atoms. The summed E-state index contributed by atoms with van der Waals surface area (Å²) in [6.45, 7) is 1.70. The van der Waals surface area contributed by atoms with E-state index < -0.39 is 5.97 Å². The number of carbonyl (C=O) groups is 2. The highest BCUT2D eigenvalue weighted by Gasteiger charge is 2.22. The second-order valence-electron chi connectivity index (χ2n) is 8.27. The van der Waals surface area contributed by atoms with E-state index in [0.29, 0.717) is 32.6 Å². The third kappa shape index (κ3) is 7.27. The topological polar surface area (TPSA) is 83.3 Å². The molecule has 9 heteroatoms. The molecule has 0 spiro atoms. The number of benzene rings is 3. The number of amides is 1. The predicted molar refractivity (Wildman–Crippen MR) is 159 cm³/mol. The molecule has 0 atom stereocenters. The number of aromatic nitrogens is 1. The molecule has 4 rings (SSSR count). The Balaban J connectivity index is 1.70. The molecule has 0 bridgehead atoms. The molecule has 0 saturated carbocycles. The lowest BCUT2D eigenvalue weighted by atomic mass is 9.99. The highest BCUT2D eigenvalue weighted by Crippen LogP contribution is 2.35. The van der Waals surface area contributed by atoms with Gasteiger partial charge in [0.1, 0.15) is 17.6 Å². The maximum atomic E-state index is 13.4. The Morgan fingerprint density at radius 1 is 1.03 bits per heavy atom. The van der Waals surface area contributed by atoms with Gasteiger partial charge in [-0.3, -0.25) is 9.59 Å². The zero-order valence-electron chi connectivity index (χ0n) is 20.9. The summed E-state index contributed by atoms with van der Waals surface area (Å²) in [4.78, 5) is 31.9. The van der Waals surface area contributed by atoms with Crippen LogP contribution in [0.3, 0.4) is 0 Å². The standard InChI is InChI=1S/C30H23BrClN3O3S/c1-2-38-29(37)18-35(24-14-10-22(31)11-15-24)28(36)19-39-30-26(17-33)25(20-8-12-23(32)13-9-20)16-27(34-30)21-6-4-3-5-7-21/h3-16H,2,18-19H2,1H3. The molecule has 0 radical (unpaired) electrons. The molecule has 0 aliphatic rings. The Morgan fingerprint density at radius 2 is 1.72 bits per heavy atom. The summed E-state index contributed by atoms with van der Waals surface area (Å²) < 4.78 is 5.94. The maximum absolute atomic E-state index is 13.4. The van der Waals surface area contributed by atoms with Crippen molar-refractivity contribution in [3.63, 3.8) is 0 Å². The maximum Gasteiger partial charge on any atom is 0.326 e. The van der Waals surface area contributed by atoms with Crippen LogP contribution < -0.4 is 4.90 Å². The van der Waals surface area contributed by atoms with Gasteiger partial charge >= 0.3 is 5.97 Å². The van der Waals surface area contributed by atoms with Gasteiger partial charge < -0.3 is 9.64 Å². The summed E-state index contributed by atoms with van der Waals surface area (Å²) in [7, 11) is 0.